The molecule has 6 aliphatic heterocycles. The predicted molar refractivity (Wildman–Crippen MR) is 550 cm³/mol. The maximum atomic E-state index is 12.8. The quantitative estimate of drug-likeness (QED) is 0.0209. The topological polar surface area (TPSA) is 302 Å². The van der Waals surface area contributed by atoms with Crippen LogP contribution in [0.5, 0.6) is 0 Å². The maximum Gasteiger partial charge on any atom is 0.261 e. The molecule has 33 heteroatoms. The fourth-order valence-electron chi connectivity index (χ4n) is 12.2. The summed E-state index contributed by atoms with van der Waals surface area (Å²) in [5, 5.41) is 13.7. The van der Waals surface area contributed by atoms with Crippen LogP contribution >= 0.6 is 0 Å². The Morgan fingerprint density at radius 1 is 0.312 bits per heavy atom. The fraction of sp³-hybridized carbons (Fsp3) is 0.537. The Morgan fingerprint density at radius 2 is 0.574 bits per heavy atom. The van der Waals surface area contributed by atoms with Gasteiger partial charge in [0.1, 0.15) is 24.7 Å². The highest BCUT2D eigenvalue weighted by Crippen LogP contribution is 2.28. The minimum Gasteiger partial charge on any atom is -0.350 e. The van der Waals surface area contributed by atoms with E-state index in [1.165, 1.54) is 36.5 Å². The molecule has 4 aromatic heterocycles. The molecule has 10 heterocycles. The molecule has 141 heavy (non-hydrogen) atoms. The van der Waals surface area contributed by atoms with E-state index >= 15 is 0 Å². The number of aromatic nitrogens is 4. The molecule has 782 valence electrons. The van der Waals surface area contributed by atoms with Crippen LogP contribution < -0.4 is 26.6 Å². The molecule has 5 N–H and O–H groups in total. The van der Waals surface area contributed by atoms with Crippen molar-refractivity contribution in [3.8, 4) is 0 Å². The van der Waals surface area contributed by atoms with Gasteiger partial charge in [0.25, 0.3) is 11.8 Å². The van der Waals surface area contributed by atoms with Crippen LogP contribution in [0.3, 0.4) is 0 Å². The summed E-state index contributed by atoms with van der Waals surface area (Å²) in [5.74, 6) is -4.83. The van der Waals surface area contributed by atoms with Gasteiger partial charge in [0.05, 0.1) is 24.5 Å². The third-order valence-electron chi connectivity index (χ3n) is 20.0. The molecular weight excluding hydrogens is 1820 g/mol. The first kappa shape index (κ1) is 128. The third kappa shape index (κ3) is 69.4. The Bertz CT molecular complexity index is 4420. The molecule has 0 radical (unpaired) electrons. The van der Waals surface area contributed by atoms with Crippen LogP contribution in [0.1, 0.15) is 187 Å². The molecule has 5 amide bonds. The lowest BCUT2D eigenvalue weighted by Gasteiger charge is -2.33. The van der Waals surface area contributed by atoms with Gasteiger partial charge in [0.15, 0.2) is 28.9 Å². The van der Waals surface area contributed by atoms with E-state index in [1.54, 1.807) is 120 Å². The summed E-state index contributed by atoms with van der Waals surface area (Å²) in [4.78, 5) is 139. The van der Waals surface area contributed by atoms with Gasteiger partial charge in [-0.15, -0.1) is 0 Å². The molecule has 0 bridgehead atoms. The van der Waals surface area contributed by atoms with Gasteiger partial charge in [-0.1, -0.05) is 130 Å². The second kappa shape index (κ2) is 73.0. The Labute approximate surface area is 833 Å². The number of hydrogen-bond acceptors (Lipinski definition) is 20. The van der Waals surface area contributed by atoms with Crippen molar-refractivity contribution in [1.29, 1.82) is 0 Å². The number of allylic oxidation sites excluding steroid dienone is 5. The van der Waals surface area contributed by atoms with E-state index < -0.39 is 36.5 Å². The summed E-state index contributed by atoms with van der Waals surface area (Å²) in [7, 11) is 0. The number of pyridine rings is 4. The molecule has 0 saturated carbocycles. The van der Waals surface area contributed by atoms with Crippen LogP contribution in [0.2, 0.25) is 0 Å². The summed E-state index contributed by atoms with van der Waals surface area (Å²) >= 11 is 0. The minimum atomic E-state index is -2.56. The van der Waals surface area contributed by atoms with Crippen molar-refractivity contribution >= 4 is 82.8 Å². The maximum absolute atomic E-state index is 12.8. The normalized spacial score (nSPS) is 17.3. The minimum absolute atomic E-state index is 0.0266. The fourth-order valence-corrected chi connectivity index (χ4v) is 12.2. The van der Waals surface area contributed by atoms with E-state index in [4.69, 9.17) is 0 Å². The first-order valence-electron chi connectivity index (χ1n) is 48.6. The second-order valence-corrected chi connectivity index (χ2v) is 37.5. The van der Waals surface area contributed by atoms with Crippen LogP contribution in [0, 0.1) is 29.6 Å². The number of nitrogens with one attached hydrogen (secondary N) is 5. The molecular formula is C108H159F8N15O10. The zero-order valence-corrected chi connectivity index (χ0v) is 86.5. The molecule has 0 aliphatic carbocycles. The number of amides is 5. The van der Waals surface area contributed by atoms with Crippen LogP contribution in [0.15, 0.2) is 195 Å². The number of halogens is 8. The number of hydrogen-bond donors (Lipinski definition) is 5. The van der Waals surface area contributed by atoms with Crippen molar-refractivity contribution in [2.45, 2.75) is 231 Å². The lowest BCUT2D eigenvalue weighted by Crippen LogP contribution is -2.48. The summed E-state index contributed by atoms with van der Waals surface area (Å²) in [5.41, 5.74) is 3.48. The molecule has 0 aromatic carbocycles. The summed E-state index contributed by atoms with van der Waals surface area (Å²) in [6.45, 7) is 46.3. The monoisotopic (exact) mass is 1980 g/mol. The van der Waals surface area contributed by atoms with Gasteiger partial charge in [-0.25, -0.2) is 35.1 Å². The van der Waals surface area contributed by atoms with Crippen molar-refractivity contribution in [2.24, 2.45) is 29.6 Å². The van der Waals surface area contributed by atoms with E-state index in [0.717, 1.165) is 35.6 Å². The van der Waals surface area contributed by atoms with E-state index in [1.807, 2.05) is 231 Å². The van der Waals surface area contributed by atoms with Gasteiger partial charge in [-0.3, -0.25) is 97.3 Å². The zero-order valence-electron chi connectivity index (χ0n) is 86.5. The predicted octanol–water partition coefficient (Wildman–Crippen LogP) is 16.5. The molecule has 6 aliphatic rings. The first-order chi connectivity index (χ1) is 66.4. The molecule has 2 unspecified atom stereocenters. The SMILES string of the molecule is CC(C)C(=O)/C=C/CN1CC(F)C1.CC(C)C(=O)/C=C/CN1CCC(F)(F)C1.CC(C)C(=O)/C=C/CN1CCC(F)C1.CC(C)C(=O)/C=C/c1ccccn1.CC(C)C(=O)/C=C/c1cccnc1.CC(C)NC(=O)/C=C/CN1CC(F)C1.CC(C)NC(=O)/C=C/CN1CCC(F)(F)C1.CC(C)NC(=O)/C=C/CN1CCC(F)C1.CC(C)NC(=O)/C=C/c1ccccn1.CC(C)NC(=O)/C=C/c1cccnc1. The van der Waals surface area contributed by atoms with Gasteiger partial charge >= 0.3 is 0 Å². The van der Waals surface area contributed by atoms with Gasteiger partial charge in [0.2, 0.25) is 29.5 Å². The van der Waals surface area contributed by atoms with E-state index in [9.17, 15) is 83.1 Å². The molecule has 6 fully saturated rings. The van der Waals surface area contributed by atoms with Crippen LogP contribution in [0.25, 0.3) is 24.3 Å². The van der Waals surface area contributed by atoms with Crippen LogP contribution in [-0.4, -0.2) is 292 Å². The van der Waals surface area contributed by atoms with Crippen LogP contribution in [0.4, 0.5) is 35.1 Å². The van der Waals surface area contributed by atoms with E-state index in [-0.39, 0.29) is 144 Å². The van der Waals surface area contributed by atoms with Gasteiger partial charge in [-0.05, 0) is 184 Å². The molecule has 0 spiro atoms. The number of alkyl halides is 8. The van der Waals surface area contributed by atoms with Crippen molar-refractivity contribution in [3.05, 3.63) is 218 Å². The first-order valence-corrected chi connectivity index (χ1v) is 48.6. The van der Waals surface area contributed by atoms with E-state index in [0.29, 0.717) is 104 Å². The number of carbonyl (C=O) groups is 10. The number of likely N-dealkylation sites (tertiary alicyclic amines) is 6. The van der Waals surface area contributed by atoms with Gasteiger partial charge in [0, 0.05) is 245 Å². The number of ketones is 5. The Hall–Kier alpha value is -11.1. The van der Waals surface area contributed by atoms with E-state index in [2.05, 4.69) is 46.5 Å². The standard InChI is InChI=1S/C11H18F2N2O.C11H17F2NO.C11H19FN2O.C11H18FNO.2C11H14N2O.2C11H13NO.C10H17FN2O.C10H16FNO/c1-9(2)14-10(16)4-3-6-15-7-5-11(12,13)8-15;1-9(2)10(15)4-3-6-14-7-5-11(12,13)8-14;1-9(2)13-11(15)4-3-6-14-7-5-10(12)8-14;1-9(2)11(14)4-3-6-13-7-5-10(12)8-13;1-9(2)13-11(14)6-5-10-4-3-7-12-8-10;1-9(2)13-11(14)7-6-10-5-3-4-8-12-10;1-9(2)11(13)6-5-10-4-3-7-12-8-10;1-9(2)11(13)7-6-10-5-3-4-8-12-10;1-8(2)12-10(14)4-3-5-13-6-9(11)7-13;1-8(2)10(13)4-3-5-12-6-9(11)7-12/h3-4,9H,5-8H2,1-2H3,(H,14,16);3-4,9H,5-8H2,1-2H3;3-4,9-10H,5-8H2,1-2H3,(H,13,15);3-4,9-10H,5-8H2,1-2H3;2*3-9H,1-2H3,(H,13,14);2*3-9H,1-2H3;3-4,8-9H,5-7H2,1-2H3,(H,12,14);3-4,8-9H,5-7H2,1-2H3/b4*4-3+;6-5+;7-6+;6-5+;7-6+;2*4-3+. The summed E-state index contributed by atoms with van der Waals surface area (Å²) < 4.78 is 101. The molecule has 10 rings (SSSR count). The number of rotatable bonds is 36. The Kier molecular flexibility index (Phi) is 66.3. The Balaban J connectivity index is 0.000000784. The number of carbonyl (C=O) groups excluding carboxylic acids is 10. The zero-order chi connectivity index (χ0) is 106. The molecule has 25 nitrogen and oxygen atoms in total. The average Bonchev–Trinajstić information content (AvgIpc) is 1.28. The lowest BCUT2D eigenvalue weighted by molar-refractivity contribution is -0.118. The smallest absolute Gasteiger partial charge is 0.261 e. The Morgan fingerprint density at radius 3 is 0.830 bits per heavy atom. The average molecular weight is 1980 g/mol. The van der Waals surface area contributed by atoms with Crippen molar-refractivity contribution in [2.75, 3.05) is 118 Å². The lowest BCUT2D eigenvalue weighted by atomic mass is 10.1. The van der Waals surface area contributed by atoms with Gasteiger partial charge < -0.3 is 26.6 Å². The largest absolute Gasteiger partial charge is 0.350 e. The number of nitrogens with zero attached hydrogens (tertiary/aromatic N) is 10. The summed E-state index contributed by atoms with van der Waals surface area (Å²) in [6.07, 6.45) is 41.4. The van der Waals surface area contributed by atoms with Crippen molar-refractivity contribution in [1.82, 2.24) is 75.9 Å². The second-order valence-electron chi connectivity index (χ2n) is 37.5. The highest BCUT2D eigenvalue weighted by atomic mass is 19.3. The third-order valence-corrected chi connectivity index (χ3v) is 20.0. The molecule has 4 aromatic rings. The molecule has 6 saturated heterocycles. The van der Waals surface area contributed by atoms with Gasteiger partial charge in [-0.2, -0.15) is 0 Å². The highest BCUT2D eigenvalue weighted by Gasteiger charge is 2.39. The van der Waals surface area contributed by atoms with Crippen LogP contribution in [-0.2, 0) is 47.9 Å². The highest BCUT2D eigenvalue weighted by molar-refractivity contribution is 5.96. The summed E-state index contributed by atoms with van der Waals surface area (Å²) in [6, 6.07) is 19.4. The van der Waals surface area contributed by atoms with Crippen molar-refractivity contribution < 1.29 is 83.1 Å². The molecule has 2 atom stereocenters. The van der Waals surface area contributed by atoms with Crippen molar-refractivity contribution in [3.63, 3.8) is 0 Å².